The van der Waals surface area contributed by atoms with Crippen LogP contribution in [-0.2, 0) is 9.53 Å². The van der Waals surface area contributed by atoms with Crippen LogP contribution in [-0.4, -0.2) is 31.6 Å². The van der Waals surface area contributed by atoms with Gasteiger partial charge in [-0.05, 0) is 61.1 Å². The van der Waals surface area contributed by atoms with E-state index in [4.69, 9.17) is 10.5 Å². The Morgan fingerprint density at radius 2 is 1.50 bits per heavy atom. The average Bonchev–Trinajstić information content (AvgIpc) is 2.88. The summed E-state index contributed by atoms with van der Waals surface area (Å²) in [6, 6.07) is 25.5. The van der Waals surface area contributed by atoms with Gasteiger partial charge in [0.1, 0.15) is 0 Å². The first-order chi connectivity index (χ1) is 16.6. The number of benzene rings is 3. The van der Waals surface area contributed by atoms with Crippen LogP contribution < -0.4 is 10.6 Å². The van der Waals surface area contributed by atoms with Crippen molar-refractivity contribution in [1.29, 1.82) is 0 Å². The van der Waals surface area contributed by atoms with Crippen molar-refractivity contribution in [3.05, 3.63) is 101 Å². The van der Waals surface area contributed by atoms with Gasteiger partial charge in [-0.15, -0.1) is 0 Å². The minimum Gasteiger partial charge on any atom is -0.462 e. The number of rotatable bonds is 8. The van der Waals surface area contributed by atoms with Crippen LogP contribution in [0.15, 0.2) is 78.9 Å². The third-order valence-electron chi connectivity index (χ3n) is 6.55. The maximum atomic E-state index is 13.0. The summed E-state index contributed by atoms with van der Waals surface area (Å²) in [6.45, 7) is 4.11. The normalized spacial score (nSPS) is 15.4. The number of amides is 1. The van der Waals surface area contributed by atoms with Crippen molar-refractivity contribution in [2.45, 2.75) is 38.0 Å². The molecule has 2 unspecified atom stereocenters. The Kier molecular flexibility index (Phi) is 7.63. The van der Waals surface area contributed by atoms with E-state index in [1.165, 1.54) is 19.3 Å². The van der Waals surface area contributed by atoms with E-state index in [0.29, 0.717) is 12.2 Å². The van der Waals surface area contributed by atoms with Crippen LogP contribution in [0.4, 0.5) is 5.69 Å². The average molecular weight is 457 g/mol. The number of nitrogens with zero attached hydrogens (tertiary/aromatic N) is 1. The van der Waals surface area contributed by atoms with Crippen LogP contribution in [0.1, 0.15) is 65.1 Å². The van der Waals surface area contributed by atoms with Gasteiger partial charge in [0.05, 0.1) is 18.1 Å². The molecule has 0 aromatic heterocycles. The fourth-order valence-electron chi connectivity index (χ4n) is 4.95. The minimum atomic E-state index is -0.593. The number of nitrogens with two attached hydrogens (primary N) is 1. The predicted molar refractivity (Wildman–Crippen MR) is 135 cm³/mol. The first-order valence-corrected chi connectivity index (χ1v) is 12.1. The Bertz CT molecular complexity index is 1110. The highest BCUT2D eigenvalue weighted by Gasteiger charge is 2.33. The molecular weight excluding hydrogens is 424 g/mol. The monoisotopic (exact) mass is 456 g/mol. The molecule has 3 aromatic rings. The van der Waals surface area contributed by atoms with Gasteiger partial charge in [0.25, 0.3) is 0 Å². The van der Waals surface area contributed by atoms with E-state index >= 15 is 0 Å². The van der Waals surface area contributed by atoms with Crippen molar-refractivity contribution in [1.82, 2.24) is 0 Å². The number of esters is 1. The zero-order chi connectivity index (χ0) is 23.9. The van der Waals surface area contributed by atoms with Crippen LogP contribution in [0.25, 0.3) is 0 Å². The standard InChI is InChI=1S/C29H32N2O3/c1-2-34-29(33)23-17-15-22(16-18-23)27(28(30)32)26(21-11-5-3-6-12-21)24-13-7-8-14-25(24)31-19-9-4-10-20-31/h3,5-8,11-18,26-27H,2,4,9-10,19-20H2,1H3,(H2,30,32). The van der Waals surface area contributed by atoms with E-state index in [1.54, 1.807) is 19.1 Å². The molecule has 1 heterocycles. The number of carbonyl (C=O) groups excluding carboxylic acids is 2. The lowest BCUT2D eigenvalue weighted by Gasteiger charge is -2.34. The SMILES string of the molecule is CCOC(=O)c1ccc(C(C(N)=O)C(c2ccccc2)c2ccccc2N2CCCCC2)cc1. The molecule has 176 valence electrons. The molecule has 2 N–H and O–H groups in total. The molecule has 0 spiro atoms. The Morgan fingerprint density at radius 3 is 2.15 bits per heavy atom. The lowest BCUT2D eigenvalue weighted by molar-refractivity contribution is -0.119. The van der Waals surface area contributed by atoms with Crippen molar-refractivity contribution in [3.63, 3.8) is 0 Å². The number of ether oxygens (including phenoxy) is 1. The zero-order valence-corrected chi connectivity index (χ0v) is 19.7. The Hall–Kier alpha value is -3.60. The second-order valence-corrected chi connectivity index (χ2v) is 8.72. The molecule has 0 radical (unpaired) electrons. The molecule has 1 amide bonds. The van der Waals surface area contributed by atoms with Crippen LogP contribution in [0, 0.1) is 0 Å². The summed E-state index contributed by atoms with van der Waals surface area (Å²) < 4.78 is 5.11. The van der Waals surface area contributed by atoms with Gasteiger partial charge in [-0.2, -0.15) is 0 Å². The van der Waals surface area contributed by atoms with Crippen LogP contribution in [0.3, 0.4) is 0 Å². The topological polar surface area (TPSA) is 72.6 Å². The summed E-state index contributed by atoms with van der Waals surface area (Å²) in [7, 11) is 0. The van der Waals surface area contributed by atoms with Gasteiger partial charge in [-0.25, -0.2) is 4.79 Å². The van der Waals surface area contributed by atoms with E-state index in [-0.39, 0.29) is 11.9 Å². The number of para-hydroxylation sites is 1. The van der Waals surface area contributed by atoms with E-state index in [9.17, 15) is 9.59 Å². The highest BCUT2D eigenvalue weighted by atomic mass is 16.5. The summed E-state index contributed by atoms with van der Waals surface area (Å²) in [5, 5.41) is 0. The predicted octanol–water partition coefficient (Wildman–Crippen LogP) is 5.25. The highest BCUT2D eigenvalue weighted by molar-refractivity contribution is 5.90. The third-order valence-corrected chi connectivity index (χ3v) is 6.55. The van der Waals surface area contributed by atoms with Crippen molar-refractivity contribution in [3.8, 4) is 0 Å². The van der Waals surface area contributed by atoms with Gasteiger partial charge in [0, 0.05) is 24.7 Å². The van der Waals surface area contributed by atoms with Gasteiger partial charge in [0.2, 0.25) is 5.91 Å². The maximum absolute atomic E-state index is 13.0. The number of piperidine rings is 1. The molecule has 0 bridgehead atoms. The summed E-state index contributed by atoms with van der Waals surface area (Å²) in [5.41, 5.74) is 10.6. The number of primary amides is 1. The second kappa shape index (κ2) is 11.0. The summed E-state index contributed by atoms with van der Waals surface area (Å²) in [6.07, 6.45) is 3.58. The largest absolute Gasteiger partial charge is 0.462 e. The van der Waals surface area contributed by atoms with Gasteiger partial charge < -0.3 is 15.4 Å². The fourth-order valence-corrected chi connectivity index (χ4v) is 4.95. The molecule has 5 nitrogen and oxygen atoms in total. The van der Waals surface area contributed by atoms with Crippen LogP contribution in [0.5, 0.6) is 0 Å². The molecule has 0 aliphatic carbocycles. The molecule has 1 aliphatic rings. The van der Waals surface area contributed by atoms with E-state index < -0.39 is 11.8 Å². The maximum Gasteiger partial charge on any atom is 0.338 e. The Balaban J connectivity index is 1.81. The number of hydrogen-bond donors (Lipinski definition) is 1. The molecule has 5 heteroatoms. The molecule has 1 fully saturated rings. The molecule has 2 atom stereocenters. The van der Waals surface area contributed by atoms with E-state index in [2.05, 4.69) is 35.2 Å². The molecule has 1 saturated heterocycles. The van der Waals surface area contributed by atoms with Gasteiger partial charge in [-0.1, -0.05) is 60.7 Å². The quantitative estimate of drug-likeness (QED) is 0.470. The Morgan fingerprint density at radius 1 is 0.853 bits per heavy atom. The van der Waals surface area contributed by atoms with Crippen molar-refractivity contribution in [2.75, 3.05) is 24.6 Å². The summed E-state index contributed by atoms with van der Waals surface area (Å²) >= 11 is 0. The number of hydrogen-bond acceptors (Lipinski definition) is 4. The van der Waals surface area contributed by atoms with Gasteiger partial charge in [0.15, 0.2) is 0 Å². The Labute approximate surface area is 201 Å². The van der Waals surface area contributed by atoms with Crippen molar-refractivity contribution in [2.24, 2.45) is 5.73 Å². The molecule has 0 saturated carbocycles. The fraction of sp³-hybridized carbons (Fsp3) is 0.310. The van der Waals surface area contributed by atoms with Gasteiger partial charge in [-0.3, -0.25) is 4.79 Å². The van der Waals surface area contributed by atoms with E-state index in [1.807, 2.05) is 36.4 Å². The van der Waals surface area contributed by atoms with Crippen LogP contribution >= 0.6 is 0 Å². The van der Waals surface area contributed by atoms with Crippen molar-refractivity contribution >= 4 is 17.6 Å². The summed E-state index contributed by atoms with van der Waals surface area (Å²) in [5.74, 6) is -1.62. The summed E-state index contributed by atoms with van der Waals surface area (Å²) in [4.78, 5) is 27.6. The van der Waals surface area contributed by atoms with Gasteiger partial charge >= 0.3 is 5.97 Å². The lowest BCUT2D eigenvalue weighted by atomic mass is 9.76. The van der Waals surface area contributed by atoms with E-state index in [0.717, 1.165) is 35.5 Å². The van der Waals surface area contributed by atoms with Crippen LogP contribution in [0.2, 0.25) is 0 Å². The minimum absolute atomic E-state index is 0.259. The van der Waals surface area contributed by atoms with Crippen molar-refractivity contribution < 1.29 is 14.3 Å². The highest BCUT2D eigenvalue weighted by Crippen LogP contribution is 2.43. The molecule has 3 aromatic carbocycles. The molecule has 34 heavy (non-hydrogen) atoms. The molecule has 4 rings (SSSR count). The zero-order valence-electron chi connectivity index (χ0n) is 19.7. The number of anilines is 1. The molecular formula is C29H32N2O3. The first-order valence-electron chi connectivity index (χ1n) is 12.1. The lowest BCUT2D eigenvalue weighted by Crippen LogP contribution is -2.32. The first kappa shape index (κ1) is 23.6. The third kappa shape index (κ3) is 5.14. The second-order valence-electron chi connectivity index (χ2n) is 8.72. The smallest absolute Gasteiger partial charge is 0.338 e. The number of carbonyl (C=O) groups is 2. The molecule has 1 aliphatic heterocycles.